The Morgan fingerprint density at radius 1 is 1.38 bits per heavy atom. The molecular formula is C17H23F3N2O2. The predicted octanol–water partition coefficient (Wildman–Crippen LogP) is 2.75. The number of esters is 1. The van der Waals surface area contributed by atoms with Gasteiger partial charge in [-0.2, -0.15) is 8.78 Å². The largest absolute Gasteiger partial charge is 0.462 e. The Bertz CT molecular complexity index is 565. The van der Waals surface area contributed by atoms with Crippen LogP contribution in [0.15, 0.2) is 24.3 Å². The molecule has 1 fully saturated rings. The summed E-state index contributed by atoms with van der Waals surface area (Å²) in [6, 6.07) is 3.13. The standard InChI is InChI=1S/C17H23F3N2O2/c1-4-24-16(23)17(19,20)15(13-5-7-14(18)8-6-13)22-10-11(2)21-9-12(22)3/h5-8,11-12,15,21H,4,9-10H2,1-3H3/t11-,12+,15?/m0/s1. The normalized spacial score (nSPS) is 23.8. The fourth-order valence-corrected chi connectivity index (χ4v) is 3.00. The van der Waals surface area contributed by atoms with Crippen LogP contribution in [0, 0.1) is 5.82 Å². The highest BCUT2D eigenvalue weighted by Gasteiger charge is 2.53. The number of hydrogen-bond acceptors (Lipinski definition) is 4. The highest BCUT2D eigenvalue weighted by molar-refractivity contribution is 5.79. The van der Waals surface area contributed by atoms with Gasteiger partial charge in [0.25, 0.3) is 0 Å². The first-order valence-electron chi connectivity index (χ1n) is 8.07. The van der Waals surface area contributed by atoms with E-state index in [-0.39, 0.29) is 24.3 Å². The van der Waals surface area contributed by atoms with Crippen LogP contribution in [0.4, 0.5) is 13.2 Å². The first kappa shape index (κ1) is 18.7. The van der Waals surface area contributed by atoms with E-state index in [4.69, 9.17) is 0 Å². The van der Waals surface area contributed by atoms with Crippen molar-refractivity contribution >= 4 is 5.97 Å². The van der Waals surface area contributed by atoms with E-state index in [2.05, 4.69) is 10.1 Å². The van der Waals surface area contributed by atoms with Crippen LogP contribution in [-0.2, 0) is 9.53 Å². The molecule has 1 heterocycles. The van der Waals surface area contributed by atoms with E-state index in [0.29, 0.717) is 13.1 Å². The van der Waals surface area contributed by atoms with Gasteiger partial charge in [0.2, 0.25) is 0 Å². The van der Waals surface area contributed by atoms with Crippen molar-refractivity contribution in [1.82, 2.24) is 10.2 Å². The van der Waals surface area contributed by atoms with Crippen LogP contribution in [0.1, 0.15) is 32.4 Å². The summed E-state index contributed by atoms with van der Waals surface area (Å²) in [5, 5.41) is 3.22. The number of halogens is 3. The molecule has 1 N–H and O–H groups in total. The molecule has 1 aromatic carbocycles. The maximum absolute atomic E-state index is 14.9. The van der Waals surface area contributed by atoms with Gasteiger partial charge in [0, 0.05) is 25.2 Å². The average molecular weight is 344 g/mol. The van der Waals surface area contributed by atoms with Crippen LogP contribution < -0.4 is 5.32 Å². The zero-order chi connectivity index (χ0) is 17.9. The minimum absolute atomic E-state index is 0.00199. The Morgan fingerprint density at radius 2 is 2.00 bits per heavy atom. The Morgan fingerprint density at radius 3 is 2.58 bits per heavy atom. The molecule has 1 saturated heterocycles. The third kappa shape index (κ3) is 3.89. The van der Waals surface area contributed by atoms with Gasteiger partial charge in [0.15, 0.2) is 0 Å². The lowest BCUT2D eigenvalue weighted by atomic mass is 9.95. The molecule has 2 rings (SSSR count). The summed E-state index contributed by atoms with van der Waals surface area (Å²) in [5.41, 5.74) is 0.190. The van der Waals surface area contributed by atoms with Gasteiger partial charge in [0.1, 0.15) is 11.9 Å². The van der Waals surface area contributed by atoms with Crippen LogP contribution in [0.2, 0.25) is 0 Å². The smallest absolute Gasteiger partial charge is 0.379 e. The van der Waals surface area contributed by atoms with Crippen LogP contribution in [0.5, 0.6) is 0 Å². The third-order valence-corrected chi connectivity index (χ3v) is 4.22. The molecule has 3 atom stereocenters. The molecule has 1 aliphatic rings. The molecule has 0 bridgehead atoms. The molecule has 0 radical (unpaired) electrons. The molecule has 134 valence electrons. The van der Waals surface area contributed by atoms with Crippen molar-refractivity contribution in [2.24, 2.45) is 0 Å². The molecule has 0 aromatic heterocycles. The van der Waals surface area contributed by atoms with E-state index in [9.17, 15) is 18.0 Å². The van der Waals surface area contributed by atoms with Crippen molar-refractivity contribution in [2.45, 2.75) is 44.8 Å². The number of hydrogen-bond donors (Lipinski definition) is 1. The van der Waals surface area contributed by atoms with Crippen LogP contribution >= 0.6 is 0 Å². The summed E-state index contributed by atoms with van der Waals surface area (Å²) in [6.07, 6.45) is 0. The maximum Gasteiger partial charge on any atom is 0.379 e. The third-order valence-electron chi connectivity index (χ3n) is 4.22. The average Bonchev–Trinajstić information content (AvgIpc) is 2.53. The van der Waals surface area contributed by atoms with Gasteiger partial charge < -0.3 is 10.1 Å². The Kier molecular flexibility index (Phi) is 5.87. The van der Waals surface area contributed by atoms with Crippen LogP contribution in [0.3, 0.4) is 0 Å². The number of alkyl halides is 2. The van der Waals surface area contributed by atoms with Gasteiger partial charge in [-0.15, -0.1) is 0 Å². The van der Waals surface area contributed by atoms with Gasteiger partial charge in [-0.1, -0.05) is 12.1 Å². The fourth-order valence-electron chi connectivity index (χ4n) is 3.00. The predicted molar refractivity (Wildman–Crippen MR) is 84.4 cm³/mol. The Hall–Kier alpha value is -1.60. The highest BCUT2D eigenvalue weighted by Crippen LogP contribution is 2.39. The SMILES string of the molecule is CCOC(=O)C(F)(F)C(c1ccc(F)cc1)N1C[C@H](C)NC[C@H]1C. The van der Waals surface area contributed by atoms with Gasteiger partial charge in [-0.3, -0.25) is 4.90 Å². The van der Waals surface area contributed by atoms with E-state index >= 15 is 0 Å². The zero-order valence-corrected chi connectivity index (χ0v) is 14.1. The topological polar surface area (TPSA) is 41.6 Å². The van der Waals surface area contributed by atoms with E-state index in [1.165, 1.54) is 19.1 Å². The molecule has 4 nitrogen and oxygen atoms in total. The van der Waals surface area contributed by atoms with Gasteiger partial charge >= 0.3 is 11.9 Å². The molecule has 24 heavy (non-hydrogen) atoms. The monoisotopic (exact) mass is 344 g/mol. The quantitative estimate of drug-likeness (QED) is 0.834. The summed E-state index contributed by atoms with van der Waals surface area (Å²) >= 11 is 0. The van der Waals surface area contributed by atoms with E-state index < -0.39 is 23.8 Å². The lowest BCUT2D eigenvalue weighted by molar-refractivity contribution is -0.185. The summed E-state index contributed by atoms with van der Waals surface area (Å²) in [5.74, 6) is -5.81. The molecule has 1 aromatic rings. The Balaban J connectivity index is 2.44. The molecule has 7 heteroatoms. The van der Waals surface area contributed by atoms with Crippen molar-refractivity contribution in [3.05, 3.63) is 35.6 Å². The molecule has 0 saturated carbocycles. The maximum atomic E-state index is 14.9. The van der Waals surface area contributed by atoms with Crippen molar-refractivity contribution < 1.29 is 22.7 Å². The van der Waals surface area contributed by atoms with Gasteiger partial charge in [-0.25, -0.2) is 9.18 Å². The second kappa shape index (κ2) is 7.53. The number of ether oxygens (including phenoxy) is 1. The Labute approximate surface area is 140 Å². The molecule has 0 spiro atoms. The first-order valence-corrected chi connectivity index (χ1v) is 8.07. The van der Waals surface area contributed by atoms with Crippen molar-refractivity contribution in [1.29, 1.82) is 0 Å². The lowest BCUT2D eigenvalue weighted by Gasteiger charge is -2.44. The highest BCUT2D eigenvalue weighted by atomic mass is 19.3. The number of piperazine rings is 1. The molecule has 1 aliphatic heterocycles. The van der Waals surface area contributed by atoms with E-state index in [1.807, 2.05) is 13.8 Å². The number of rotatable bonds is 5. The second-order valence-corrected chi connectivity index (χ2v) is 6.15. The lowest BCUT2D eigenvalue weighted by Crippen LogP contribution is -2.59. The molecular weight excluding hydrogens is 321 g/mol. The van der Waals surface area contributed by atoms with Crippen molar-refractivity contribution in [3.8, 4) is 0 Å². The summed E-state index contributed by atoms with van der Waals surface area (Å²) in [4.78, 5) is 13.5. The zero-order valence-electron chi connectivity index (χ0n) is 14.1. The number of nitrogens with one attached hydrogen (secondary N) is 1. The van der Waals surface area contributed by atoms with Crippen LogP contribution in [0.25, 0.3) is 0 Å². The summed E-state index contributed by atoms with van der Waals surface area (Å²) < 4.78 is 47.6. The van der Waals surface area contributed by atoms with Crippen molar-refractivity contribution in [3.63, 3.8) is 0 Å². The summed E-state index contributed by atoms with van der Waals surface area (Å²) in [7, 11) is 0. The molecule has 1 unspecified atom stereocenters. The van der Waals surface area contributed by atoms with Crippen LogP contribution in [-0.4, -0.2) is 48.6 Å². The minimum atomic E-state index is -3.74. The molecule has 0 amide bonds. The second-order valence-electron chi connectivity index (χ2n) is 6.15. The number of carbonyl (C=O) groups is 1. The molecule has 0 aliphatic carbocycles. The fraction of sp³-hybridized carbons (Fsp3) is 0.588. The number of benzene rings is 1. The summed E-state index contributed by atoms with van der Waals surface area (Å²) in [6.45, 7) is 5.93. The first-order chi connectivity index (χ1) is 11.3. The minimum Gasteiger partial charge on any atom is -0.462 e. The number of nitrogens with zero attached hydrogens (tertiary/aromatic N) is 1. The number of carbonyl (C=O) groups excluding carboxylic acids is 1. The van der Waals surface area contributed by atoms with Gasteiger partial charge in [0.05, 0.1) is 6.61 Å². The van der Waals surface area contributed by atoms with Gasteiger partial charge in [-0.05, 0) is 38.5 Å². The van der Waals surface area contributed by atoms with E-state index in [1.54, 1.807) is 4.90 Å². The van der Waals surface area contributed by atoms with E-state index in [0.717, 1.165) is 12.1 Å². The van der Waals surface area contributed by atoms with Crippen molar-refractivity contribution in [2.75, 3.05) is 19.7 Å².